The fraction of sp³-hybridized carbons (Fsp3) is 0.538. The van der Waals surface area contributed by atoms with E-state index in [1.165, 1.54) is 19.1 Å². The van der Waals surface area contributed by atoms with Gasteiger partial charge in [0.2, 0.25) is 10.0 Å². The lowest BCUT2D eigenvalue weighted by atomic mass is 10.2. The normalized spacial score (nSPS) is 18.0. The Morgan fingerprint density at radius 1 is 1.29 bits per heavy atom. The van der Waals surface area contributed by atoms with Gasteiger partial charge in [0.1, 0.15) is 17.3 Å². The minimum Gasteiger partial charge on any atom is -0.207 e. The third-order valence-corrected chi connectivity index (χ3v) is 5.48. The van der Waals surface area contributed by atoms with Gasteiger partial charge in [-0.25, -0.2) is 12.8 Å². The van der Waals surface area contributed by atoms with Gasteiger partial charge in [0, 0.05) is 6.04 Å². The molecule has 0 aromatic heterocycles. The molecule has 8 heteroatoms. The van der Waals surface area contributed by atoms with Gasteiger partial charge >= 0.3 is 6.18 Å². The van der Waals surface area contributed by atoms with Crippen LogP contribution < -0.4 is 0 Å². The molecule has 1 aliphatic carbocycles. The Bertz CT molecular complexity index is 611. The van der Waals surface area contributed by atoms with E-state index in [0.29, 0.717) is 17.1 Å². The predicted octanol–water partition coefficient (Wildman–Crippen LogP) is 3.18. The van der Waals surface area contributed by atoms with Gasteiger partial charge in [0.05, 0.1) is 0 Å². The van der Waals surface area contributed by atoms with E-state index in [9.17, 15) is 26.0 Å². The summed E-state index contributed by atoms with van der Waals surface area (Å²) >= 11 is 0. The van der Waals surface area contributed by atoms with Gasteiger partial charge in [-0.3, -0.25) is 0 Å². The molecule has 3 nitrogen and oxygen atoms in total. The Kier molecular flexibility index (Phi) is 4.30. The molecule has 0 aliphatic heterocycles. The van der Waals surface area contributed by atoms with E-state index in [0.717, 1.165) is 12.1 Å². The molecule has 1 aromatic rings. The number of hydrogen-bond acceptors (Lipinski definition) is 2. The number of hydrogen-bond donors (Lipinski definition) is 0. The van der Waals surface area contributed by atoms with Crippen LogP contribution in [0.25, 0.3) is 0 Å². The van der Waals surface area contributed by atoms with Crippen LogP contribution in [0.3, 0.4) is 0 Å². The summed E-state index contributed by atoms with van der Waals surface area (Å²) in [6, 6.07) is 3.65. The van der Waals surface area contributed by atoms with Crippen LogP contribution in [0.1, 0.15) is 19.8 Å². The SMILES string of the molecule is CC(C1CC1)N(CC(F)(F)F)S(=O)(=O)c1ccccc1F. The molecule has 21 heavy (non-hydrogen) atoms. The number of alkyl halides is 3. The minimum absolute atomic E-state index is 0.103. The maximum absolute atomic E-state index is 13.7. The average Bonchev–Trinajstić information content (AvgIpc) is 3.18. The second kappa shape index (κ2) is 5.57. The Morgan fingerprint density at radius 3 is 2.33 bits per heavy atom. The smallest absolute Gasteiger partial charge is 0.207 e. The van der Waals surface area contributed by atoms with Crippen molar-refractivity contribution in [1.29, 1.82) is 0 Å². The molecule has 1 aromatic carbocycles. The lowest BCUT2D eigenvalue weighted by Crippen LogP contribution is -2.45. The molecule has 0 N–H and O–H groups in total. The lowest BCUT2D eigenvalue weighted by molar-refractivity contribution is -0.139. The number of benzene rings is 1. The van der Waals surface area contributed by atoms with Crippen molar-refractivity contribution in [2.24, 2.45) is 5.92 Å². The summed E-state index contributed by atoms with van der Waals surface area (Å²) in [5, 5.41) is 0. The van der Waals surface area contributed by atoms with Crippen LogP contribution in [0.4, 0.5) is 17.6 Å². The van der Waals surface area contributed by atoms with Gasteiger partial charge < -0.3 is 0 Å². The molecule has 1 saturated carbocycles. The highest BCUT2D eigenvalue weighted by atomic mass is 32.2. The Hall–Kier alpha value is -1.15. The van der Waals surface area contributed by atoms with Crippen molar-refractivity contribution < 1.29 is 26.0 Å². The van der Waals surface area contributed by atoms with Crippen LogP contribution in [0.2, 0.25) is 0 Å². The number of rotatable bonds is 5. The molecule has 0 spiro atoms. The van der Waals surface area contributed by atoms with E-state index in [4.69, 9.17) is 0 Å². The second-order valence-corrected chi connectivity index (χ2v) is 7.03. The van der Waals surface area contributed by atoms with Crippen LogP contribution in [0.5, 0.6) is 0 Å². The summed E-state index contributed by atoms with van der Waals surface area (Å²) in [5.74, 6) is -1.15. The molecule has 1 unspecified atom stereocenters. The summed E-state index contributed by atoms with van der Waals surface area (Å²) in [5.41, 5.74) is 0. The first-order chi connectivity index (χ1) is 9.63. The zero-order valence-corrected chi connectivity index (χ0v) is 12.1. The summed E-state index contributed by atoms with van der Waals surface area (Å²) in [7, 11) is -4.53. The molecule has 1 atom stereocenters. The first-order valence-corrected chi connectivity index (χ1v) is 7.90. The molecule has 118 valence electrons. The van der Waals surface area contributed by atoms with Gasteiger partial charge in [-0.1, -0.05) is 12.1 Å². The molecular formula is C13H15F4NO2S. The lowest BCUT2D eigenvalue weighted by Gasteiger charge is -2.29. The molecule has 0 amide bonds. The zero-order valence-electron chi connectivity index (χ0n) is 11.3. The monoisotopic (exact) mass is 325 g/mol. The molecule has 1 fully saturated rings. The fourth-order valence-electron chi connectivity index (χ4n) is 2.22. The number of halogens is 4. The highest BCUT2D eigenvalue weighted by Crippen LogP contribution is 2.38. The summed E-state index contributed by atoms with van der Waals surface area (Å²) in [6.45, 7) is -0.177. The Balaban J connectivity index is 2.41. The van der Waals surface area contributed by atoms with Gasteiger partial charge in [0.25, 0.3) is 0 Å². The summed E-state index contributed by atoms with van der Waals surface area (Å²) < 4.78 is 76.9. The number of sulfonamides is 1. The largest absolute Gasteiger partial charge is 0.402 e. The Morgan fingerprint density at radius 2 is 1.86 bits per heavy atom. The van der Waals surface area contributed by atoms with Crippen LogP contribution >= 0.6 is 0 Å². The highest BCUT2D eigenvalue weighted by Gasteiger charge is 2.44. The van der Waals surface area contributed by atoms with E-state index in [1.807, 2.05) is 0 Å². The molecule has 2 rings (SSSR count). The van der Waals surface area contributed by atoms with Crippen LogP contribution in [0.15, 0.2) is 29.2 Å². The van der Waals surface area contributed by atoms with Crippen molar-refractivity contribution in [3.05, 3.63) is 30.1 Å². The standard InChI is InChI=1S/C13H15F4NO2S/c1-9(10-6-7-10)18(8-13(15,16)17)21(19,20)12-5-3-2-4-11(12)14/h2-5,9-10H,6-8H2,1H3. The number of nitrogens with zero attached hydrogens (tertiary/aromatic N) is 1. The van der Waals surface area contributed by atoms with Crippen molar-refractivity contribution in [2.45, 2.75) is 36.9 Å². The third kappa shape index (κ3) is 3.74. The zero-order chi connectivity index (χ0) is 15.8. The van der Waals surface area contributed by atoms with Crippen LogP contribution in [0, 0.1) is 11.7 Å². The molecular weight excluding hydrogens is 310 g/mol. The highest BCUT2D eigenvalue weighted by molar-refractivity contribution is 7.89. The first-order valence-electron chi connectivity index (χ1n) is 6.46. The van der Waals surface area contributed by atoms with Crippen LogP contribution in [-0.4, -0.2) is 31.5 Å². The van der Waals surface area contributed by atoms with E-state index < -0.39 is 39.5 Å². The molecule has 1 aliphatic rings. The van der Waals surface area contributed by atoms with Gasteiger partial charge in [-0.05, 0) is 37.8 Å². The molecule has 0 radical (unpaired) electrons. The molecule has 0 saturated heterocycles. The van der Waals surface area contributed by atoms with Crippen molar-refractivity contribution in [3.63, 3.8) is 0 Å². The van der Waals surface area contributed by atoms with E-state index in [2.05, 4.69) is 0 Å². The van der Waals surface area contributed by atoms with Crippen molar-refractivity contribution in [3.8, 4) is 0 Å². The topological polar surface area (TPSA) is 37.4 Å². The van der Waals surface area contributed by atoms with Gasteiger partial charge in [-0.15, -0.1) is 0 Å². The maximum Gasteiger partial charge on any atom is 0.402 e. The molecule has 0 bridgehead atoms. The van der Waals surface area contributed by atoms with Gasteiger partial charge in [0.15, 0.2) is 0 Å². The van der Waals surface area contributed by atoms with Crippen molar-refractivity contribution >= 4 is 10.0 Å². The Labute approximate surface area is 120 Å². The first kappa shape index (κ1) is 16.2. The average molecular weight is 325 g/mol. The predicted molar refractivity (Wildman–Crippen MR) is 68.5 cm³/mol. The maximum atomic E-state index is 13.7. The van der Waals surface area contributed by atoms with Crippen molar-refractivity contribution in [2.75, 3.05) is 6.54 Å². The summed E-state index contributed by atoms with van der Waals surface area (Å²) in [6.07, 6.45) is -3.31. The third-order valence-electron chi connectivity index (χ3n) is 3.52. The summed E-state index contributed by atoms with van der Waals surface area (Å²) in [4.78, 5) is -0.721. The van der Waals surface area contributed by atoms with Crippen molar-refractivity contribution in [1.82, 2.24) is 4.31 Å². The molecule has 0 heterocycles. The van der Waals surface area contributed by atoms with E-state index in [1.54, 1.807) is 0 Å². The second-order valence-electron chi connectivity index (χ2n) is 5.17. The van der Waals surface area contributed by atoms with E-state index >= 15 is 0 Å². The van der Waals surface area contributed by atoms with E-state index in [-0.39, 0.29) is 5.92 Å². The van der Waals surface area contributed by atoms with Gasteiger partial charge in [-0.2, -0.15) is 17.5 Å². The quantitative estimate of drug-likeness (QED) is 0.780. The fourth-order valence-corrected chi connectivity index (χ4v) is 3.96. The minimum atomic E-state index is -4.68. The van der Waals surface area contributed by atoms with Crippen LogP contribution in [-0.2, 0) is 10.0 Å².